The highest BCUT2D eigenvalue weighted by atomic mass is 79.9. The lowest BCUT2D eigenvalue weighted by Gasteiger charge is -1.79. The summed E-state index contributed by atoms with van der Waals surface area (Å²) >= 11 is 3.25. The highest BCUT2D eigenvalue weighted by Gasteiger charge is 1.99. The highest BCUT2D eigenvalue weighted by molar-refractivity contribution is 9.10. The van der Waals surface area contributed by atoms with Crippen LogP contribution in [0, 0.1) is 5.39 Å². The molecule has 60 valence electrons. The third kappa shape index (κ3) is 3.94. The van der Waals surface area contributed by atoms with Crippen molar-refractivity contribution in [3.8, 4) is 0 Å². The quantitative estimate of drug-likeness (QED) is 0.540. The van der Waals surface area contributed by atoms with E-state index >= 15 is 0 Å². The van der Waals surface area contributed by atoms with Gasteiger partial charge in [0.1, 0.15) is 0 Å². The van der Waals surface area contributed by atoms with Crippen LogP contribution in [0.1, 0.15) is 0 Å². The van der Waals surface area contributed by atoms with Gasteiger partial charge in [-0.3, -0.25) is 0 Å². The van der Waals surface area contributed by atoms with E-state index in [4.69, 9.17) is 5.39 Å². The molecule has 0 aliphatic rings. The van der Waals surface area contributed by atoms with Gasteiger partial charge in [-0.2, -0.15) is 0 Å². The normalized spacial score (nSPS) is 6.91. The lowest BCUT2D eigenvalue weighted by atomic mass is 10.3. The van der Waals surface area contributed by atoms with Crippen LogP contribution in [0.2, 0.25) is 0 Å². The van der Waals surface area contributed by atoms with Crippen LogP contribution < -0.4 is 12.4 Å². The second-order valence-corrected chi connectivity index (χ2v) is 2.49. The maximum atomic E-state index is 8.24. The Labute approximate surface area is 78.9 Å². The topological polar surface area (TPSA) is 59.6 Å². The van der Waals surface area contributed by atoms with E-state index in [2.05, 4.69) is 20.9 Å². The highest BCUT2D eigenvalue weighted by Crippen LogP contribution is 2.15. The maximum absolute atomic E-state index is 8.24. The fourth-order valence-corrected chi connectivity index (χ4v) is 0.772. The second kappa shape index (κ2) is 6.10. The molecule has 1 rings (SSSR count). The van der Waals surface area contributed by atoms with Gasteiger partial charge in [-0.15, -0.1) is 0 Å². The van der Waals surface area contributed by atoms with Gasteiger partial charge in [-0.05, 0) is 12.1 Å². The number of diazo groups is 1. The van der Waals surface area contributed by atoms with E-state index in [1.807, 2.05) is 12.1 Å². The van der Waals surface area contributed by atoms with Crippen molar-refractivity contribution in [2.24, 2.45) is 0 Å². The average molecular weight is 237 g/mol. The van der Waals surface area contributed by atoms with E-state index in [0.29, 0.717) is 5.69 Å². The first kappa shape index (κ1) is 13.0. The van der Waals surface area contributed by atoms with Crippen LogP contribution in [0.4, 0.5) is 5.69 Å². The molecule has 0 atom stereocenters. The SMILES string of the molecule is N#[N+]c1ccc(Br)cc1.O.[Cl-]. The van der Waals surface area contributed by atoms with Crippen LogP contribution in [0.15, 0.2) is 28.7 Å². The summed E-state index contributed by atoms with van der Waals surface area (Å²) in [5.41, 5.74) is 0.568. The lowest BCUT2D eigenvalue weighted by Crippen LogP contribution is -3.00. The van der Waals surface area contributed by atoms with Crippen LogP contribution in [-0.4, -0.2) is 5.48 Å². The zero-order valence-electron chi connectivity index (χ0n) is 5.46. The molecule has 5 heteroatoms. The molecule has 0 spiro atoms. The molecule has 1 aromatic carbocycles. The third-order valence-corrected chi connectivity index (χ3v) is 1.47. The fourth-order valence-electron chi connectivity index (χ4n) is 0.508. The molecule has 0 bridgehead atoms. The summed E-state index contributed by atoms with van der Waals surface area (Å²) in [6, 6.07) is 7.05. The van der Waals surface area contributed by atoms with Crippen LogP contribution >= 0.6 is 15.9 Å². The first-order chi connectivity index (χ1) is 4.33. The summed E-state index contributed by atoms with van der Waals surface area (Å²) in [6.45, 7) is 0. The van der Waals surface area contributed by atoms with Crippen LogP contribution in [-0.2, 0) is 0 Å². The number of hydrogen-bond donors (Lipinski definition) is 0. The van der Waals surface area contributed by atoms with Crippen molar-refractivity contribution in [3.05, 3.63) is 33.7 Å². The Morgan fingerprint density at radius 3 is 2.00 bits per heavy atom. The zero-order valence-corrected chi connectivity index (χ0v) is 7.80. The Bertz CT molecular complexity index is 244. The minimum atomic E-state index is 0. The monoisotopic (exact) mass is 236 g/mol. The Morgan fingerprint density at radius 1 is 1.18 bits per heavy atom. The van der Waals surface area contributed by atoms with Gasteiger partial charge in [-0.1, -0.05) is 15.9 Å². The minimum absolute atomic E-state index is 0. The molecule has 0 heterocycles. The van der Waals surface area contributed by atoms with Crippen molar-refractivity contribution in [2.75, 3.05) is 0 Å². The van der Waals surface area contributed by atoms with Crippen LogP contribution in [0.5, 0.6) is 0 Å². The van der Waals surface area contributed by atoms with Crippen LogP contribution in [0.3, 0.4) is 0 Å². The Balaban J connectivity index is 0. The molecule has 0 aliphatic carbocycles. The number of hydrogen-bond acceptors (Lipinski definition) is 1. The first-order valence-corrected chi connectivity index (χ1v) is 3.23. The molecular weight excluding hydrogens is 231 g/mol. The lowest BCUT2D eigenvalue weighted by molar-refractivity contribution is -0.00000313. The van der Waals surface area contributed by atoms with Gasteiger partial charge in [-0.25, -0.2) is 0 Å². The Kier molecular flexibility index (Phi) is 7.21. The average Bonchev–Trinajstić information content (AvgIpc) is 1.90. The molecule has 0 aromatic heterocycles. The maximum Gasteiger partial charge on any atom is 0.385 e. The van der Waals surface area contributed by atoms with Crippen LogP contribution in [0.25, 0.3) is 4.98 Å². The third-order valence-electron chi connectivity index (χ3n) is 0.942. The number of halogens is 2. The summed E-state index contributed by atoms with van der Waals surface area (Å²) in [7, 11) is 0. The summed E-state index contributed by atoms with van der Waals surface area (Å²) in [6.07, 6.45) is 0. The van der Waals surface area contributed by atoms with Gasteiger partial charge in [0, 0.05) is 16.6 Å². The van der Waals surface area contributed by atoms with Gasteiger partial charge >= 0.3 is 5.69 Å². The van der Waals surface area contributed by atoms with E-state index in [1.54, 1.807) is 12.1 Å². The molecule has 2 N–H and O–H groups in total. The van der Waals surface area contributed by atoms with E-state index in [1.165, 1.54) is 0 Å². The summed E-state index contributed by atoms with van der Waals surface area (Å²) in [5, 5.41) is 8.24. The molecule has 0 aliphatic heterocycles. The fraction of sp³-hybridized carbons (Fsp3) is 0. The van der Waals surface area contributed by atoms with Crippen molar-refractivity contribution in [3.63, 3.8) is 0 Å². The molecule has 11 heavy (non-hydrogen) atoms. The van der Waals surface area contributed by atoms with E-state index in [9.17, 15) is 0 Å². The van der Waals surface area contributed by atoms with Crippen molar-refractivity contribution < 1.29 is 17.9 Å². The minimum Gasteiger partial charge on any atom is -1.00 e. The van der Waals surface area contributed by atoms with Crippen molar-refractivity contribution in [2.45, 2.75) is 0 Å². The summed E-state index contributed by atoms with van der Waals surface area (Å²) in [5.74, 6) is 0. The van der Waals surface area contributed by atoms with Gasteiger partial charge in [0.05, 0.1) is 0 Å². The number of nitrogens with zero attached hydrogens (tertiary/aromatic N) is 2. The Morgan fingerprint density at radius 2 is 1.64 bits per heavy atom. The largest absolute Gasteiger partial charge is 1.00 e. The second-order valence-electron chi connectivity index (χ2n) is 1.58. The molecule has 0 fully saturated rings. The number of benzene rings is 1. The van der Waals surface area contributed by atoms with E-state index < -0.39 is 0 Å². The Hall–Kier alpha value is -0.630. The van der Waals surface area contributed by atoms with E-state index in [-0.39, 0.29) is 17.9 Å². The van der Waals surface area contributed by atoms with E-state index in [0.717, 1.165) is 4.47 Å². The van der Waals surface area contributed by atoms with Gasteiger partial charge in [0.2, 0.25) is 5.39 Å². The predicted octanol–water partition coefficient (Wildman–Crippen LogP) is -0.887. The predicted molar refractivity (Wildman–Crippen MR) is 42.5 cm³/mol. The molecule has 0 radical (unpaired) electrons. The summed E-state index contributed by atoms with van der Waals surface area (Å²) in [4.78, 5) is 2.99. The van der Waals surface area contributed by atoms with Crippen molar-refractivity contribution in [1.82, 2.24) is 0 Å². The first-order valence-electron chi connectivity index (χ1n) is 2.43. The number of rotatable bonds is 0. The standard InChI is InChI=1S/C6H4BrN2.ClH.H2O/c7-5-1-3-6(9-8)4-2-5;;/h1-4H;1H;1H2/q+1;;/p-1. The van der Waals surface area contributed by atoms with Crippen molar-refractivity contribution >= 4 is 21.6 Å². The van der Waals surface area contributed by atoms with Gasteiger partial charge in [0.25, 0.3) is 0 Å². The molecular formula is C6H6BrClN2O. The zero-order chi connectivity index (χ0) is 6.69. The molecule has 0 amide bonds. The summed E-state index contributed by atoms with van der Waals surface area (Å²) < 4.78 is 0.981. The molecule has 0 saturated heterocycles. The smallest absolute Gasteiger partial charge is 0.385 e. The van der Waals surface area contributed by atoms with Gasteiger partial charge < -0.3 is 17.9 Å². The molecule has 0 saturated carbocycles. The molecule has 0 unspecified atom stereocenters. The van der Waals surface area contributed by atoms with Gasteiger partial charge in [0.15, 0.2) is 4.98 Å². The molecule has 1 aromatic rings. The van der Waals surface area contributed by atoms with Crippen molar-refractivity contribution in [1.29, 1.82) is 5.39 Å². The molecule has 3 nitrogen and oxygen atoms in total.